The van der Waals surface area contributed by atoms with Crippen molar-refractivity contribution < 1.29 is 0 Å². The Morgan fingerprint density at radius 1 is 1.38 bits per heavy atom. The van der Waals surface area contributed by atoms with Crippen LogP contribution >= 0.6 is 0 Å². The molecule has 2 aliphatic rings. The third-order valence-corrected chi connectivity index (χ3v) is 3.63. The minimum atomic E-state index is 0.592. The van der Waals surface area contributed by atoms with Gasteiger partial charge in [0.2, 0.25) is 0 Å². The van der Waals surface area contributed by atoms with Crippen LogP contribution in [0.4, 0.5) is 0 Å². The Labute approximate surface area is 81.7 Å². The van der Waals surface area contributed by atoms with Gasteiger partial charge in [-0.15, -0.1) is 0 Å². The van der Waals surface area contributed by atoms with E-state index in [0.717, 1.165) is 5.92 Å². The molecule has 0 amide bonds. The number of nitrogens with one attached hydrogen (secondary N) is 1. The lowest BCUT2D eigenvalue weighted by Crippen LogP contribution is -2.66. The fraction of sp³-hybridized carbons (Fsp3) is 1.00. The summed E-state index contributed by atoms with van der Waals surface area (Å²) >= 11 is 0. The van der Waals surface area contributed by atoms with Crippen molar-refractivity contribution in [2.45, 2.75) is 38.6 Å². The molecule has 0 aliphatic carbocycles. The summed E-state index contributed by atoms with van der Waals surface area (Å²) in [5, 5.41) is 3.42. The molecule has 2 fully saturated rings. The van der Waals surface area contributed by atoms with Gasteiger partial charge < -0.3 is 5.32 Å². The highest BCUT2D eigenvalue weighted by atomic mass is 15.3. The number of rotatable bonds is 3. The first kappa shape index (κ1) is 9.47. The molecule has 2 heterocycles. The molecule has 76 valence electrons. The number of hydrogen-bond donors (Lipinski definition) is 1. The highest BCUT2D eigenvalue weighted by Crippen LogP contribution is 2.32. The van der Waals surface area contributed by atoms with Gasteiger partial charge in [-0.3, -0.25) is 4.90 Å². The standard InChI is InChI=1S/C11H22N2/c1-10(2)4-7-13-6-3-5-11(13)8-12-9-11/h10,12H,3-9H2,1-2H3. The lowest BCUT2D eigenvalue weighted by Gasteiger charge is -2.46. The molecular weight excluding hydrogens is 160 g/mol. The lowest BCUT2D eigenvalue weighted by atomic mass is 9.89. The van der Waals surface area contributed by atoms with E-state index < -0.39 is 0 Å². The average Bonchev–Trinajstić information content (AvgIpc) is 2.42. The molecule has 0 aromatic heterocycles. The summed E-state index contributed by atoms with van der Waals surface area (Å²) in [6.45, 7) is 9.79. The number of nitrogens with zero attached hydrogens (tertiary/aromatic N) is 1. The third kappa shape index (κ3) is 1.75. The van der Waals surface area contributed by atoms with E-state index in [4.69, 9.17) is 0 Å². The Balaban J connectivity index is 1.84. The second-order valence-electron chi connectivity index (χ2n) is 5.10. The molecule has 1 N–H and O–H groups in total. The van der Waals surface area contributed by atoms with Crippen LogP contribution in [-0.4, -0.2) is 36.6 Å². The maximum Gasteiger partial charge on any atom is 0.0458 e. The van der Waals surface area contributed by atoms with Gasteiger partial charge in [-0.1, -0.05) is 13.8 Å². The molecule has 0 radical (unpaired) electrons. The van der Waals surface area contributed by atoms with Crippen LogP contribution in [0, 0.1) is 5.92 Å². The van der Waals surface area contributed by atoms with Gasteiger partial charge in [-0.05, 0) is 38.3 Å². The Hall–Kier alpha value is -0.0800. The van der Waals surface area contributed by atoms with Crippen molar-refractivity contribution in [3.05, 3.63) is 0 Å². The Morgan fingerprint density at radius 2 is 2.15 bits per heavy atom. The van der Waals surface area contributed by atoms with Gasteiger partial charge in [0.1, 0.15) is 0 Å². The molecule has 0 aromatic rings. The fourth-order valence-corrected chi connectivity index (χ4v) is 2.57. The molecular formula is C11H22N2. The van der Waals surface area contributed by atoms with E-state index >= 15 is 0 Å². The smallest absolute Gasteiger partial charge is 0.0458 e. The predicted molar refractivity (Wildman–Crippen MR) is 55.9 cm³/mol. The normalized spacial score (nSPS) is 27.0. The van der Waals surface area contributed by atoms with Gasteiger partial charge in [-0.2, -0.15) is 0 Å². The van der Waals surface area contributed by atoms with Crippen LogP contribution in [0.25, 0.3) is 0 Å². The Kier molecular flexibility index (Phi) is 2.61. The summed E-state index contributed by atoms with van der Waals surface area (Å²) in [4.78, 5) is 2.73. The van der Waals surface area contributed by atoms with Crippen LogP contribution < -0.4 is 5.32 Å². The summed E-state index contributed by atoms with van der Waals surface area (Å²) in [7, 11) is 0. The summed E-state index contributed by atoms with van der Waals surface area (Å²) in [5.74, 6) is 0.852. The molecule has 13 heavy (non-hydrogen) atoms. The highest BCUT2D eigenvalue weighted by molar-refractivity contribution is 5.05. The SMILES string of the molecule is CC(C)CCN1CCCC12CNC2. The van der Waals surface area contributed by atoms with Crippen molar-refractivity contribution >= 4 is 0 Å². The zero-order valence-corrected chi connectivity index (χ0v) is 8.97. The molecule has 0 aromatic carbocycles. The van der Waals surface area contributed by atoms with Crippen LogP contribution in [0.1, 0.15) is 33.1 Å². The minimum absolute atomic E-state index is 0.592. The fourth-order valence-electron chi connectivity index (χ4n) is 2.57. The molecule has 2 rings (SSSR count). The Morgan fingerprint density at radius 3 is 2.69 bits per heavy atom. The van der Waals surface area contributed by atoms with Crippen LogP contribution in [0.3, 0.4) is 0 Å². The lowest BCUT2D eigenvalue weighted by molar-refractivity contribution is 0.0751. The van der Waals surface area contributed by atoms with Gasteiger partial charge in [0, 0.05) is 18.6 Å². The zero-order chi connectivity index (χ0) is 9.31. The predicted octanol–water partition coefficient (Wildman–Crippen LogP) is 1.47. The molecule has 0 bridgehead atoms. The second-order valence-corrected chi connectivity index (χ2v) is 5.10. The van der Waals surface area contributed by atoms with Gasteiger partial charge in [0.15, 0.2) is 0 Å². The van der Waals surface area contributed by atoms with Crippen LogP contribution in [0.2, 0.25) is 0 Å². The molecule has 1 spiro atoms. The molecule has 2 saturated heterocycles. The van der Waals surface area contributed by atoms with Crippen molar-refractivity contribution in [2.75, 3.05) is 26.2 Å². The number of hydrogen-bond acceptors (Lipinski definition) is 2. The summed E-state index contributed by atoms with van der Waals surface area (Å²) < 4.78 is 0. The maximum absolute atomic E-state index is 3.42. The van der Waals surface area contributed by atoms with Crippen molar-refractivity contribution in [2.24, 2.45) is 5.92 Å². The van der Waals surface area contributed by atoms with E-state index in [1.807, 2.05) is 0 Å². The largest absolute Gasteiger partial charge is 0.313 e. The van der Waals surface area contributed by atoms with E-state index in [0.29, 0.717) is 5.54 Å². The van der Waals surface area contributed by atoms with E-state index in [1.54, 1.807) is 0 Å². The van der Waals surface area contributed by atoms with E-state index in [2.05, 4.69) is 24.1 Å². The van der Waals surface area contributed by atoms with Gasteiger partial charge in [-0.25, -0.2) is 0 Å². The van der Waals surface area contributed by atoms with Crippen LogP contribution in [-0.2, 0) is 0 Å². The highest BCUT2D eigenvalue weighted by Gasteiger charge is 2.44. The van der Waals surface area contributed by atoms with Crippen molar-refractivity contribution in [3.8, 4) is 0 Å². The Bertz CT molecular complexity index is 173. The molecule has 2 aliphatic heterocycles. The van der Waals surface area contributed by atoms with E-state index in [9.17, 15) is 0 Å². The first-order chi connectivity index (χ1) is 6.23. The third-order valence-electron chi connectivity index (χ3n) is 3.63. The second kappa shape index (κ2) is 3.58. The minimum Gasteiger partial charge on any atom is -0.313 e. The van der Waals surface area contributed by atoms with Crippen molar-refractivity contribution in [3.63, 3.8) is 0 Å². The molecule has 0 saturated carbocycles. The van der Waals surface area contributed by atoms with Gasteiger partial charge >= 0.3 is 0 Å². The quantitative estimate of drug-likeness (QED) is 0.711. The van der Waals surface area contributed by atoms with E-state index in [1.165, 1.54) is 45.4 Å². The van der Waals surface area contributed by atoms with Crippen molar-refractivity contribution in [1.82, 2.24) is 10.2 Å². The molecule has 0 unspecified atom stereocenters. The zero-order valence-electron chi connectivity index (χ0n) is 8.97. The molecule has 2 heteroatoms. The van der Waals surface area contributed by atoms with Gasteiger partial charge in [0.25, 0.3) is 0 Å². The monoisotopic (exact) mass is 182 g/mol. The first-order valence-corrected chi connectivity index (χ1v) is 5.69. The average molecular weight is 182 g/mol. The molecule has 2 nitrogen and oxygen atoms in total. The summed E-state index contributed by atoms with van der Waals surface area (Å²) in [5.41, 5.74) is 0.592. The maximum atomic E-state index is 3.42. The van der Waals surface area contributed by atoms with Crippen LogP contribution in [0.15, 0.2) is 0 Å². The van der Waals surface area contributed by atoms with Crippen LogP contribution in [0.5, 0.6) is 0 Å². The van der Waals surface area contributed by atoms with Gasteiger partial charge in [0.05, 0.1) is 0 Å². The summed E-state index contributed by atoms with van der Waals surface area (Å²) in [6, 6.07) is 0. The topological polar surface area (TPSA) is 15.3 Å². The summed E-state index contributed by atoms with van der Waals surface area (Å²) in [6.07, 6.45) is 4.21. The molecule has 0 atom stereocenters. The van der Waals surface area contributed by atoms with Crippen molar-refractivity contribution in [1.29, 1.82) is 0 Å². The van der Waals surface area contributed by atoms with E-state index in [-0.39, 0.29) is 0 Å². The number of likely N-dealkylation sites (tertiary alicyclic amines) is 1. The first-order valence-electron chi connectivity index (χ1n) is 5.69.